The Morgan fingerprint density at radius 2 is 1.61 bits per heavy atom. The van der Waals surface area contributed by atoms with Crippen molar-refractivity contribution in [2.75, 3.05) is 28.3 Å². The summed E-state index contributed by atoms with van der Waals surface area (Å²) in [5.74, 6) is -2.70. The molecule has 0 bridgehead atoms. The zero-order valence-electron chi connectivity index (χ0n) is 17.9. The van der Waals surface area contributed by atoms with Gasteiger partial charge in [0.2, 0.25) is 17.7 Å². The lowest BCUT2D eigenvalue weighted by Gasteiger charge is -2.23. The van der Waals surface area contributed by atoms with Crippen molar-refractivity contribution in [3.8, 4) is 0 Å². The normalized spacial score (nSPS) is 14.5. The Kier molecular flexibility index (Phi) is 8.96. The quantitative estimate of drug-likeness (QED) is 0.560. The van der Waals surface area contributed by atoms with E-state index in [9.17, 15) is 23.0 Å². The number of nitrogens with one attached hydrogen (secondary N) is 2. The second-order valence-corrected chi connectivity index (χ2v) is 9.68. The molecule has 1 saturated carbocycles. The molecule has 2 N–H and O–H groups in total. The minimum Gasteiger partial charge on any atom is -0.352 e. The topological polar surface area (TPSA) is 95.6 Å². The predicted octanol–water partition coefficient (Wildman–Crippen LogP) is 3.26. The van der Waals surface area contributed by atoms with Gasteiger partial charge in [-0.1, -0.05) is 24.4 Å². The minimum absolute atomic E-state index is 0.101. The van der Waals surface area contributed by atoms with E-state index in [1.807, 2.05) is 0 Å². The molecule has 0 radical (unpaired) electrons. The Morgan fingerprint density at radius 1 is 0.970 bits per heavy atom. The van der Waals surface area contributed by atoms with Crippen molar-refractivity contribution < 1.29 is 23.0 Å². The van der Waals surface area contributed by atoms with E-state index in [0.717, 1.165) is 25.7 Å². The summed E-state index contributed by atoms with van der Waals surface area (Å²) in [6.07, 6.45) is 3.94. The lowest BCUT2D eigenvalue weighted by Crippen LogP contribution is -2.45. The number of carbonyl (C=O) groups is 3. The van der Waals surface area contributed by atoms with Gasteiger partial charge < -0.3 is 15.5 Å². The van der Waals surface area contributed by atoms with Crippen molar-refractivity contribution in [3.63, 3.8) is 0 Å². The number of carbonyl (C=O) groups excluding carboxylic acids is 3. The van der Waals surface area contributed by atoms with E-state index in [4.69, 9.17) is 11.6 Å². The van der Waals surface area contributed by atoms with Gasteiger partial charge in [-0.2, -0.15) is 0 Å². The van der Waals surface area contributed by atoms with Gasteiger partial charge in [0.1, 0.15) is 23.9 Å². The van der Waals surface area contributed by atoms with Gasteiger partial charge >= 0.3 is 0 Å². The molecule has 0 aromatic heterocycles. The summed E-state index contributed by atoms with van der Waals surface area (Å²) in [5, 5.41) is 5.92. The first-order valence-corrected chi connectivity index (χ1v) is 12.4. The molecule has 1 fully saturated rings. The highest BCUT2D eigenvalue weighted by molar-refractivity contribution is 7.86. The molecule has 176 valence electrons. The van der Waals surface area contributed by atoms with E-state index in [2.05, 4.69) is 10.6 Å². The number of benzene rings is 2. The average Bonchev–Trinajstić information content (AvgIpc) is 3.27. The van der Waals surface area contributed by atoms with Gasteiger partial charge in [-0.05, 0) is 61.4 Å². The van der Waals surface area contributed by atoms with Crippen molar-refractivity contribution in [2.24, 2.45) is 0 Å². The van der Waals surface area contributed by atoms with Gasteiger partial charge in [-0.25, -0.2) is 4.39 Å². The summed E-state index contributed by atoms with van der Waals surface area (Å²) in [6, 6.07) is 11.6. The summed E-state index contributed by atoms with van der Waals surface area (Å²) in [4.78, 5) is 38.9. The Balaban J connectivity index is 1.61. The Bertz CT molecular complexity index is 1010. The third-order valence-electron chi connectivity index (χ3n) is 5.17. The molecule has 2 aromatic carbocycles. The monoisotopic (exact) mass is 493 g/mol. The highest BCUT2D eigenvalue weighted by atomic mass is 35.5. The minimum atomic E-state index is -1.81. The van der Waals surface area contributed by atoms with Crippen LogP contribution in [0, 0.1) is 5.82 Å². The first-order valence-electron chi connectivity index (χ1n) is 10.6. The number of rotatable bonds is 9. The van der Waals surface area contributed by atoms with E-state index < -0.39 is 39.9 Å². The van der Waals surface area contributed by atoms with E-state index >= 15 is 0 Å². The maximum absolute atomic E-state index is 13.0. The molecule has 2 aromatic rings. The second kappa shape index (κ2) is 11.9. The fraction of sp³-hybridized carbons (Fsp3) is 0.348. The molecule has 33 heavy (non-hydrogen) atoms. The van der Waals surface area contributed by atoms with Gasteiger partial charge in [0.15, 0.2) is 0 Å². The molecule has 10 heteroatoms. The summed E-state index contributed by atoms with van der Waals surface area (Å²) in [5.41, 5.74) is 0.801. The van der Waals surface area contributed by atoms with Crippen LogP contribution in [0.3, 0.4) is 0 Å². The molecule has 1 atom stereocenters. The van der Waals surface area contributed by atoms with Crippen molar-refractivity contribution in [1.29, 1.82) is 0 Å². The average molecular weight is 494 g/mol. The number of halogens is 2. The largest absolute Gasteiger partial charge is 0.352 e. The summed E-state index contributed by atoms with van der Waals surface area (Å²) >= 11 is 5.94. The summed E-state index contributed by atoms with van der Waals surface area (Å²) < 4.78 is 25.5. The maximum atomic E-state index is 13.0. The Morgan fingerprint density at radius 3 is 2.24 bits per heavy atom. The van der Waals surface area contributed by atoms with Crippen LogP contribution in [0.15, 0.2) is 48.5 Å². The van der Waals surface area contributed by atoms with E-state index in [-0.39, 0.29) is 18.5 Å². The first kappa shape index (κ1) is 24.9. The van der Waals surface area contributed by atoms with Crippen molar-refractivity contribution in [1.82, 2.24) is 5.32 Å². The fourth-order valence-electron chi connectivity index (χ4n) is 3.57. The van der Waals surface area contributed by atoms with Gasteiger partial charge in [0, 0.05) is 33.2 Å². The standard InChI is InChI=1S/C23H25ClFN3O4S/c24-16-5-11-20(12-6-16)28(13-21(29)26-18-3-1-2-4-18)23(31)15-33(32)14-22(30)27-19-9-7-17(25)8-10-19/h5-12,18H,1-4,13-15H2,(H,26,29)(H,27,30). The van der Waals surface area contributed by atoms with Crippen LogP contribution in [0.2, 0.25) is 5.02 Å². The second-order valence-electron chi connectivity index (χ2n) is 7.79. The molecule has 0 saturated heterocycles. The third-order valence-corrected chi connectivity index (χ3v) is 6.57. The number of anilines is 2. The van der Waals surface area contributed by atoms with Crippen LogP contribution < -0.4 is 15.5 Å². The zero-order valence-corrected chi connectivity index (χ0v) is 19.5. The van der Waals surface area contributed by atoms with E-state index in [1.54, 1.807) is 24.3 Å². The van der Waals surface area contributed by atoms with E-state index in [1.165, 1.54) is 29.2 Å². The number of amides is 3. The van der Waals surface area contributed by atoms with Gasteiger partial charge in [-0.3, -0.25) is 18.6 Å². The smallest absolute Gasteiger partial charge is 0.240 e. The van der Waals surface area contributed by atoms with Crippen LogP contribution in [0.5, 0.6) is 0 Å². The Labute approximate surface area is 199 Å². The molecule has 0 heterocycles. The molecule has 0 aliphatic heterocycles. The van der Waals surface area contributed by atoms with Crippen LogP contribution >= 0.6 is 11.6 Å². The third kappa shape index (κ3) is 7.94. The van der Waals surface area contributed by atoms with E-state index in [0.29, 0.717) is 16.4 Å². The molecule has 7 nitrogen and oxygen atoms in total. The van der Waals surface area contributed by atoms with Gasteiger partial charge in [0.05, 0.1) is 0 Å². The molecular weight excluding hydrogens is 469 g/mol. The molecule has 1 unspecified atom stereocenters. The summed E-state index contributed by atoms with van der Waals surface area (Å²) in [6.45, 7) is -0.226. The Hall–Kier alpha value is -2.78. The highest BCUT2D eigenvalue weighted by Crippen LogP contribution is 2.20. The van der Waals surface area contributed by atoms with Crippen LogP contribution in [0.4, 0.5) is 15.8 Å². The predicted molar refractivity (Wildman–Crippen MR) is 127 cm³/mol. The molecular formula is C23H25ClFN3O4S. The van der Waals surface area contributed by atoms with Gasteiger partial charge in [-0.15, -0.1) is 0 Å². The number of hydrogen-bond acceptors (Lipinski definition) is 4. The number of hydrogen-bond donors (Lipinski definition) is 2. The van der Waals surface area contributed by atoms with Crippen LogP contribution in [-0.4, -0.2) is 46.0 Å². The molecule has 1 aliphatic rings. The SMILES string of the molecule is O=C(CS(=O)CC(=O)N(CC(=O)NC1CCCC1)c1ccc(Cl)cc1)Nc1ccc(F)cc1. The van der Waals surface area contributed by atoms with Crippen molar-refractivity contribution >= 4 is 51.5 Å². The molecule has 3 amide bonds. The summed E-state index contributed by atoms with van der Waals surface area (Å²) in [7, 11) is -1.81. The van der Waals surface area contributed by atoms with Crippen molar-refractivity contribution in [3.05, 3.63) is 59.4 Å². The molecule has 0 spiro atoms. The van der Waals surface area contributed by atoms with Crippen LogP contribution in [0.25, 0.3) is 0 Å². The van der Waals surface area contributed by atoms with Crippen molar-refractivity contribution in [2.45, 2.75) is 31.7 Å². The van der Waals surface area contributed by atoms with Crippen LogP contribution in [-0.2, 0) is 25.2 Å². The fourth-order valence-corrected chi connectivity index (χ4v) is 4.60. The van der Waals surface area contributed by atoms with Gasteiger partial charge in [0.25, 0.3) is 0 Å². The molecule has 3 rings (SSSR count). The number of nitrogens with zero attached hydrogens (tertiary/aromatic N) is 1. The first-order chi connectivity index (χ1) is 15.8. The lowest BCUT2D eigenvalue weighted by atomic mass is 10.2. The maximum Gasteiger partial charge on any atom is 0.240 e. The highest BCUT2D eigenvalue weighted by Gasteiger charge is 2.24. The molecule has 1 aliphatic carbocycles. The lowest BCUT2D eigenvalue weighted by molar-refractivity contribution is -0.123. The van der Waals surface area contributed by atoms with Crippen LogP contribution in [0.1, 0.15) is 25.7 Å². The zero-order chi connectivity index (χ0) is 23.8.